The molecule has 4 N–H and O–H groups in total. The summed E-state index contributed by atoms with van der Waals surface area (Å²) >= 11 is 0. The van der Waals surface area contributed by atoms with Crippen molar-refractivity contribution in [3.05, 3.63) is 18.1 Å². The smallest absolute Gasteiger partial charge is 0.268 e. The molecule has 1 saturated heterocycles. The molecule has 0 spiro atoms. The topological polar surface area (TPSA) is 147 Å². The average Bonchev–Trinajstić information content (AvgIpc) is 3.07. The zero-order chi connectivity index (χ0) is 18.8. The molecule has 4 rings (SSSR count). The van der Waals surface area contributed by atoms with E-state index in [1.807, 2.05) is 0 Å². The first-order valence-electron chi connectivity index (χ1n) is 7.78. The van der Waals surface area contributed by atoms with Crippen molar-refractivity contribution in [1.29, 1.82) is 0 Å². The monoisotopic (exact) mass is 366 g/mol. The van der Waals surface area contributed by atoms with Crippen molar-refractivity contribution < 1.29 is 34.0 Å². The number of hydrogen-bond donors (Lipinski definition) is 4. The number of nitrogens with one attached hydrogen (secondary N) is 1. The van der Waals surface area contributed by atoms with Gasteiger partial charge in [0.15, 0.2) is 6.23 Å². The fourth-order valence-electron chi connectivity index (χ4n) is 3.37. The molecule has 2 aromatic heterocycles. The minimum atomic E-state index is -2.41. The summed E-state index contributed by atoms with van der Waals surface area (Å²) in [6.45, 7) is 0.765. The van der Waals surface area contributed by atoms with E-state index in [2.05, 4.69) is 15.3 Å². The van der Waals surface area contributed by atoms with Gasteiger partial charge in [-0.25, -0.2) is 14.4 Å². The van der Waals surface area contributed by atoms with E-state index in [0.29, 0.717) is 0 Å². The number of aliphatic hydroxyl groups excluding tert-OH is 2. The Balaban J connectivity index is 1.93. The molecule has 2 aliphatic rings. The number of aliphatic hydroxyl groups is 3. The van der Waals surface area contributed by atoms with Crippen molar-refractivity contribution in [1.82, 2.24) is 14.5 Å². The van der Waals surface area contributed by atoms with Gasteiger partial charge in [0.2, 0.25) is 12.0 Å². The number of carbonyl (C=O) groups excluding carboxylic acids is 2. The SMILES string of the molecule is C[C@@]1(O)[C@H](O)[C@@H](CO)O[C@H]1n1cc2c3c(ncnc31)NC(=O)C(F)C2=O. The first kappa shape index (κ1) is 17.0. The normalized spacial score (nSPS) is 34.2. The van der Waals surface area contributed by atoms with Crippen LogP contribution in [-0.4, -0.2) is 72.1 Å². The summed E-state index contributed by atoms with van der Waals surface area (Å²) in [6.07, 6.45) is -3.79. The number of halogens is 1. The van der Waals surface area contributed by atoms with Crippen LogP contribution >= 0.6 is 0 Å². The molecule has 2 aliphatic heterocycles. The van der Waals surface area contributed by atoms with Crippen LogP contribution in [0.25, 0.3) is 11.0 Å². The van der Waals surface area contributed by atoms with Gasteiger partial charge < -0.3 is 29.9 Å². The number of amides is 1. The first-order chi connectivity index (χ1) is 12.3. The Bertz CT molecular complexity index is 928. The van der Waals surface area contributed by atoms with Gasteiger partial charge in [0.05, 0.1) is 17.6 Å². The lowest BCUT2D eigenvalue weighted by Gasteiger charge is -2.27. The lowest BCUT2D eigenvalue weighted by Crippen LogP contribution is -2.44. The Morgan fingerprint density at radius 1 is 1.42 bits per heavy atom. The van der Waals surface area contributed by atoms with Crippen LogP contribution in [0.2, 0.25) is 0 Å². The first-order valence-corrected chi connectivity index (χ1v) is 7.78. The Kier molecular flexibility index (Phi) is 3.60. The maximum Gasteiger partial charge on any atom is 0.268 e. The number of anilines is 1. The van der Waals surface area contributed by atoms with E-state index in [1.54, 1.807) is 0 Å². The summed E-state index contributed by atoms with van der Waals surface area (Å²) in [5.74, 6) is -2.24. The molecule has 0 aliphatic carbocycles. The molecule has 10 nitrogen and oxygen atoms in total. The average molecular weight is 366 g/mol. The Hall–Kier alpha value is -2.47. The van der Waals surface area contributed by atoms with Crippen molar-refractivity contribution in [3.63, 3.8) is 0 Å². The summed E-state index contributed by atoms with van der Waals surface area (Å²) < 4.78 is 20.9. The summed E-state index contributed by atoms with van der Waals surface area (Å²) in [7, 11) is 0. The summed E-state index contributed by atoms with van der Waals surface area (Å²) in [5.41, 5.74) is -1.88. The van der Waals surface area contributed by atoms with E-state index in [0.717, 1.165) is 6.33 Å². The number of carbonyl (C=O) groups is 2. The number of ether oxygens (including phenoxy) is 1. The Labute approximate surface area is 145 Å². The highest BCUT2D eigenvalue weighted by Crippen LogP contribution is 2.41. The van der Waals surface area contributed by atoms with Gasteiger partial charge in [0.1, 0.15) is 35.6 Å². The predicted octanol–water partition coefficient (Wildman–Crippen LogP) is -1.09. The maximum atomic E-state index is 14.1. The Morgan fingerprint density at radius 3 is 2.81 bits per heavy atom. The highest BCUT2D eigenvalue weighted by Gasteiger charge is 2.53. The number of alkyl halides is 1. The van der Waals surface area contributed by atoms with Crippen LogP contribution in [0.5, 0.6) is 0 Å². The quantitative estimate of drug-likeness (QED) is 0.490. The van der Waals surface area contributed by atoms with Crippen LogP contribution in [0.1, 0.15) is 23.5 Å². The summed E-state index contributed by atoms with van der Waals surface area (Å²) in [5, 5.41) is 32.4. The fourth-order valence-corrected chi connectivity index (χ4v) is 3.37. The molecule has 4 heterocycles. The predicted molar refractivity (Wildman–Crippen MR) is 83.0 cm³/mol. The van der Waals surface area contributed by atoms with E-state index >= 15 is 0 Å². The summed E-state index contributed by atoms with van der Waals surface area (Å²) in [4.78, 5) is 31.9. The Morgan fingerprint density at radius 2 is 2.15 bits per heavy atom. The number of aromatic nitrogens is 3. The van der Waals surface area contributed by atoms with Gasteiger partial charge in [-0.3, -0.25) is 9.59 Å². The standard InChI is InChI=1S/C15H15FN4O6/c1-15(25)10(23)6(3-21)26-14(15)20-2-5-7-11(17-4-18-12(7)20)19-13(24)8(16)9(5)22/h2,4,6,8,10,14,21,23,25H,3H2,1H3,(H,17,18,19,24)/t6-,8?,10-,14-,15-/m1/s1. The minimum Gasteiger partial charge on any atom is -0.394 e. The highest BCUT2D eigenvalue weighted by molar-refractivity contribution is 6.25. The third kappa shape index (κ3) is 2.11. The molecule has 0 aromatic carbocycles. The molecule has 0 bridgehead atoms. The van der Waals surface area contributed by atoms with E-state index in [4.69, 9.17) is 4.74 Å². The number of rotatable bonds is 2. The third-order valence-corrected chi connectivity index (χ3v) is 4.76. The molecule has 1 fully saturated rings. The van der Waals surface area contributed by atoms with Gasteiger partial charge in [0, 0.05) is 6.20 Å². The molecule has 26 heavy (non-hydrogen) atoms. The second-order valence-corrected chi connectivity index (χ2v) is 6.47. The van der Waals surface area contributed by atoms with Gasteiger partial charge >= 0.3 is 0 Å². The van der Waals surface area contributed by atoms with E-state index < -0.39 is 48.5 Å². The second kappa shape index (κ2) is 5.51. The molecule has 2 aromatic rings. The van der Waals surface area contributed by atoms with Crippen LogP contribution in [0, 0.1) is 0 Å². The van der Waals surface area contributed by atoms with Crippen molar-refractivity contribution in [2.45, 2.75) is 37.1 Å². The van der Waals surface area contributed by atoms with Crippen LogP contribution in [0.3, 0.4) is 0 Å². The van der Waals surface area contributed by atoms with Crippen molar-refractivity contribution in [2.24, 2.45) is 0 Å². The number of ketones is 1. The minimum absolute atomic E-state index is 0.0425. The van der Waals surface area contributed by atoms with Crippen LogP contribution in [0.4, 0.5) is 10.2 Å². The lowest BCUT2D eigenvalue weighted by atomic mass is 9.96. The second-order valence-electron chi connectivity index (χ2n) is 6.47. The number of hydrogen-bond acceptors (Lipinski definition) is 8. The highest BCUT2D eigenvalue weighted by atomic mass is 19.1. The zero-order valence-corrected chi connectivity index (χ0v) is 13.5. The fraction of sp³-hybridized carbons (Fsp3) is 0.467. The molecular formula is C15H15FN4O6. The molecule has 0 saturated carbocycles. The van der Waals surface area contributed by atoms with Crippen LogP contribution < -0.4 is 5.32 Å². The van der Waals surface area contributed by atoms with E-state index in [1.165, 1.54) is 17.7 Å². The number of Topliss-reactive ketones (excluding diaryl/α,β-unsaturated/α-hetero) is 1. The molecule has 5 atom stereocenters. The largest absolute Gasteiger partial charge is 0.394 e. The molecule has 11 heteroatoms. The molecule has 138 valence electrons. The van der Waals surface area contributed by atoms with Crippen LogP contribution in [-0.2, 0) is 9.53 Å². The summed E-state index contributed by atoms with van der Waals surface area (Å²) in [6, 6.07) is 0. The van der Waals surface area contributed by atoms with Crippen molar-refractivity contribution >= 4 is 28.5 Å². The maximum absolute atomic E-state index is 14.1. The number of nitrogens with zero attached hydrogens (tertiary/aromatic N) is 3. The van der Waals surface area contributed by atoms with E-state index in [9.17, 15) is 29.3 Å². The van der Waals surface area contributed by atoms with Gasteiger partial charge in [-0.05, 0) is 6.92 Å². The lowest BCUT2D eigenvalue weighted by molar-refractivity contribution is -0.119. The van der Waals surface area contributed by atoms with Gasteiger partial charge in [-0.15, -0.1) is 0 Å². The van der Waals surface area contributed by atoms with Crippen LogP contribution in [0.15, 0.2) is 12.5 Å². The van der Waals surface area contributed by atoms with Gasteiger partial charge in [-0.2, -0.15) is 0 Å². The van der Waals surface area contributed by atoms with Crippen molar-refractivity contribution in [3.8, 4) is 0 Å². The van der Waals surface area contributed by atoms with Gasteiger partial charge in [-0.1, -0.05) is 0 Å². The zero-order valence-electron chi connectivity index (χ0n) is 13.5. The van der Waals surface area contributed by atoms with Gasteiger partial charge in [0.25, 0.3) is 5.91 Å². The van der Waals surface area contributed by atoms with E-state index in [-0.39, 0.29) is 22.4 Å². The third-order valence-electron chi connectivity index (χ3n) is 4.76. The molecular weight excluding hydrogens is 351 g/mol. The molecule has 1 amide bonds. The molecule has 0 radical (unpaired) electrons. The van der Waals surface area contributed by atoms with Crippen molar-refractivity contribution in [2.75, 3.05) is 11.9 Å². The molecule has 1 unspecified atom stereocenters.